The fraction of sp³-hybridized carbons (Fsp3) is 0.312. The Hall–Kier alpha value is -2.21. The largest absolute Gasteiger partial charge is 0.321 e. The Labute approximate surface area is 133 Å². The first kappa shape index (κ1) is 16.2. The van der Waals surface area contributed by atoms with Crippen molar-refractivity contribution in [3.63, 3.8) is 0 Å². The predicted molar refractivity (Wildman–Crippen MR) is 89.3 cm³/mol. The second kappa shape index (κ2) is 6.27. The van der Waals surface area contributed by atoms with Crippen LogP contribution < -0.4 is 10.6 Å². The summed E-state index contributed by atoms with van der Waals surface area (Å²) in [4.78, 5) is 29.0. The topological polar surface area (TPSA) is 71.1 Å². The number of aromatic nitrogens is 1. The van der Waals surface area contributed by atoms with E-state index in [9.17, 15) is 9.59 Å². The summed E-state index contributed by atoms with van der Waals surface area (Å²) in [7, 11) is 0. The van der Waals surface area contributed by atoms with E-state index in [-0.39, 0.29) is 11.8 Å². The third-order valence-corrected chi connectivity index (χ3v) is 4.01. The molecule has 2 rings (SSSR count). The summed E-state index contributed by atoms with van der Waals surface area (Å²) in [6.07, 6.45) is 0. The van der Waals surface area contributed by atoms with Crippen molar-refractivity contribution in [1.29, 1.82) is 0 Å². The van der Waals surface area contributed by atoms with Crippen LogP contribution in [0.15, 0.2) is 30.3 Å². The molecule has 0 unspecified atom stereocenters. The maximum Gasteiger partial charge on any atom is 0.267 e. The monoisotopic (exact) mass is 317 g/mol. The molecule has 2 N–H and O–H groups in total. The average molecular weight is 317 g/mol. The Bertz CT molecular complexity index is 687. The molecule has 0 radical (unpaired) electrons. The van der Waals surface area contributed by atoms with E-state index in [1.807, 2.05) is 51.1 Å². The molecule has 116 valence electrons. The van der Waals surface area contributed by atoms with Crippen molar-refractivity contribution in [1.82, 2.24) is 4.98 Å². The van der Waals surface area contributed by atoms with E-state index in [0.717, 1.165) is 5.69 Å². The van der Waals surface area contributed by atoms with Gasteiger partial charge in [-0.2, -0.15) is 0 Å². The SMILES string of the molecule is Cc1nc(NC(=O)C(C)(C)C)sc1C(=O)Nc1ccccc1. The van der Waals surface area contributed by atoms with E-state index < -0.39 is 5.41 Å². The third-order valence-electron chi connectivity index (χ3n) is 2.94. The van der Waals surface area contributed by atoms with Crippen molar-refractivity contribution in [2.45, 2.75) is 27.7 Å². The third kappa shape index (κ3) is 3.92. The standard InChI is InChI=1S/C16H19N3O2S/c1-10-12(13(20)18-11-8-6-5-7-9-11)22-15(17-10)19-14(21)16(2,3)4/h5-9H,1-4H3,(H,18,20)(H,17,19,21). The molecule has 0 bridgehead atoms. The van der Waals surface area contributed by atoms with Crippen LogP contribution >= 0.6 is 11.3 Å². The van der Waals surface area contributed by atoms with Gasteiger partial charge in [-0.1, -0.05) is 50.3 Å². The highest BCUT2D eigenvalue weighted by Gasteiger charge is 2.23. The van der Waals surface area contributed by atoms with Crippen molar-refractivity contribution >= 4 is 34.0 Å². The molecule has 1 aromatic carbocycles. The fourth-order valence-corrected chi connectivity index (χ4v) is 2.51. The van der Waals surface area contributed by atoms with E-state index in [2.05, 4.69) is 15.6 Å². The van der Waals surface area contributed by atoms with Crippen molar-refractivity contribution in [2.24, 2.45) is 5.41 Å². The van der Waals surface area contributed by atoms with Crippen LogP contribution in [0.2, 0.25) is 0 Å². The Morgan fingerprint density at radius 2 is 1.73 bits per heavy atom. The highest BCUT2D eigenvalue weighted by atomic mass is 32.1. The molecule has 0 saturated heterocycles. The molecular formula is C16H19N3O2S. The van der Waals surface area contributed by atoms with Crippen LogP contribution in [0.5, 0.6) is 0 Å². The number of carbonyl (C=O) groups is 2. The summed E-state index contributed by atoms with van der Waals surface area (Å²) in [5.41, 5.74) is 0.815. The van der Waals surface area contributed by atoms with Crippen LogP contribution in [-0.4, -0.2) is 16.8 Å². The smallest absolute Gasteiger partial charge is 0.267 e. The number of aryl methyl sites for hydroxylation is 1. The molecule has 2 amide bonds. The maximum absolute atomic E-state index is 12.3. The Morgan fingerprint density at radius 1 is 1.09 bits per heavy atom. The second-order valence-electron chi connectivity index (χ2n) is 5.96. The van der Waals surface area contributed by atoms with Gasteiger partial charge in [0.1, 0.15) is 4.88 Å². The minimum Gasteiger partial charge on any atom is -0.321 e. The van der Waals surface area contributed by atoms with Crippen LogP contribution in [0.3, 0.4) is 0 Å². The van der Waals surface area contributed by atoms with E-state index in [0.29, 0.717) is 15.7 Å². The van der Waals surface area contributed by atoms with E-state index in [1.165, 1.54) is 11.3 Å². The van der Waals surface area contributed by atoms with Crippen molar-refractivity contribution in [2.75, 3.05) is 10.6 Å². The minimum atomic E-state index is -0.508. The number of hydrogen-bond donors (Lipinski definition) is 2. The van der Waals surface area contributed by atoms with Gasteiger partial charge in [-0.3, -0.25) is 9.59 Å². The number of anilines is 2. The zero-order chi connectivity index (χ0) is 16.3. The Balaban J connectivity index is 2.13. The van der Waals surface area contributed by atoms with Gasteiger partial charge in [0.05, 0.1) is 5.69 Å². The first-order valence-corrected chi connectivity index (χ1v) is 7.74. The lowest BCUT2D eigenvalue weighted by atomic mass is 9.96. The summed E-state index contributed by atoms with van der Waals surface area (Å²) < 4.78 is 0. The van der Waals surface area contributed by atoms with Crippen LogP contribution in [0.25, 0.3) is 0 Å². The van der Waals surface area contributed by atoms with Crippen LogP contribution in [-0.2, 0) is 4.79 Å². The average Bonchev–Trinajstić information content (AvgIpc) is 2.79. The molecule has 6 heteroatoms. The minimum absolute atomic E-state index is 0.128. The molecule has 5 nitrogen and oxygen atoms in total. The first-order valence-electron chi connectivity index (χ1n) is 6.92. The zero-order valence-corrected chi connectivity index (χ0v) is 13.9. The molecule has 0 atom stereocenters. The molecule has 0 aliphatic heterocycles. The molecule has 1 heterocycles. The van der Waals surface area contributed by atoms with E-state index >= 15 is 0 Å². The molecule has 2 aromatic rings. The lowest BCUT2D eigenvalue weighted by Gasteiger charge is -2.15. The van der Waals surface area contributed by atoms with Crippen LogP contribution in [0.1, 0.15) is 36.1 Å². The maximum atomic E-state index is 12.3. The highest BCUT2D eigenvalue weighted by molar-refractivity contribution is 7.17. The lowest BCUT2D eigenvalue weighted by Crippen LogP contribution is -2.27. The number of rotatable bonds is 3. The van der Waals surface area contributed by atoms with Crippen LogP contribution in [0, 0.1) is 12.3 Å². The van der Waals surface area contributed by atoms with Gasteiger partial charge in [-0.25, -0.2) is 4.98 Å². The summed E-state index contributed by atoms with van der Waals surface area (Å²) >= 11 is 1.18. The van der Waals surface area contributed by atoms with Gasteiger partial charge in [-0.05, 0) is 19.1 Å². The van der Waals surface area contributed by atoms with Gasteiger partial charge >= 0.3 is 0 Å². The quantitative estimate of drug-likeness (QED) is 0.907. The summed E-state index contributed by atoms with van der Waals surface area (Å²) in [6.45, 7) is 7.23. The molecule has 1 aromatic heterocycles. The van der Waals surface area contributed by atoms with Gasteiger partial charge in [-0.15, -0.1) is 0 Å². The van der Waals surface area contributed by atoms with Gasteiger partial charge in [0.2, 0.25) is 5.91 Å². The number of nitrogens with one attached hydrogen (secondary N) is 2. The number of para-hydroxylation sites is 1. The second-order valence-corrected chi connectivity index (χ2v) is 6.96. The molecule has 22 heavy (non-hydrogen) atoms. The Morgan fingerprint density at radius 3 is 2.32 bits per heavy atom. The Kier molecular flexibility index (Phi) is 4.61. The number of amides is 2. The summed E-state index contributed by atoms with van der Waals surface area (Å²) in [6, 6.07) is 9.22. The van der Waals surface area contributed by atoms with Gasteiger partial charge in [0.25, 0.3) is 5.91 Å². The number of carbonyl (C=O) groups excluding carboxylic acids is 2. The number of hydrogen-bond acceptors (Lipinski definition) is 4. The molecular weight excluding hydrogens is 298 g/mol. The van der Waals surface area contributed by atoms with E-state index in [4.69, 9.17) is 0 Å². The summed E-state index contributed by atoms with van der Waals surface area (Å²) in [5, 5.41) is 6.01. The van der Waals surface area contributed by atoms with Crippen molar-refractivity contribution in [3.8, 4) is 0 Å². The van der Waals surface area contributed by atoms with E-state index in [1.54, 1.807) is 6.92 Å². The lowest BCUT2D eigenvalue weighted by molar-refractivity contribution is -0.123. The molecule has 0 aliphatic carbocycles. The fourth-order valence-electron chi connectivity index (χ4n) is 1.65. The molecule has 0 aliphatic rings. The van der Waals surface area contributed by atoms with Gasteiger partial charge in [0.15, 0.2) is 5.13 Å². The van der Waals surface area contributed by atoms with Gasteiger partial charge in [0, 0.05) is 11.1 Å². The van der Waals surface area contributed by atoms with Crippen molar-refractivity contribution in [3.05, 3.63) is 40.9 Å². The first-order chi connectivity index (χ1) is 10.3. The molecule has 0 spiro atoms. The number of nitrogens with zero attached hydrogens (tertiary/aromatic N) is 1. The zero-order valence-electron chi connectivity index (χ0n) is 13.1. The normalized spacial score (nSPS) is 11.1. The predicted octanol–water partition coefficient (Wildman–Crippen LogP) is 3.69. The van der Waals surface area contributed by atoms with Crippen molar-refractivity contribution < 1.29 is 9.59 Å². The molecule has 0 saturated carbocycles. The summed E-state index contributed by atoms with van der Waals surface area (Å²) in [5.74, 6) is -0.353. The van der Waals surface area contributed by atoms with Crippen LogP contribution in [0.4, 0.5) is 10.8 Å². The number of thiazole rings is 1. The number of benzene rings is 1. The molecule has 0 fully saturated rings. The van der Waals surface area contributed by atoms with Gasteiger partial charge < -0.3 is 10.6 Å². The highest BCUT2D eigenvalue weighted by Crippen LogP contribution is 2.25.